The predicted octanol–water partition coefficient (Wildman–Crippen LogP) is 4.19. The van der Waals surface area contributed by atoms with Crippen LogP contribution in [0.15, 0.2) is 54.6 Å². The molecule has 0 bridgehead atoms. The van der Waals surface area contributed by atoms with Crippen LogP contribution >= 0.6 is 7.75 Å². The summed E-state index contributed by atoms with van der Waals surface area (Å²) >= 11 is 0. The summed E-state index contributed by atoms with van der Waals surface area (Å²) in [4.78, 5) is 22.7. The number of benzene rings is 2. The van der Waals surface area contributed by atoms with Crippen LogP contribution in [0.25, 0.3) is 0 Å². The highest BCUT2D eigenvalue weighted by Crippen LogP contribution is 2.55. The van der Waals surface area contributed by atoms with Crippen LogP contribution in [0.3, 0.4) is 0 Å². The molecule has 0 spiro atoms. The molecular weight excluding hydrogens is 399 g/mol. The first-order chi connectivity index (χ1) is 13.9. The zero-order valence-corrected chi connectivity index (χ0v) is 16.7. The second kappa shape index (κ2) is 9.07. The number of para-hydroxylation sites is 1. The van der Waals surface area contributed by atoms with Gasteiger partial charge in [0.2, 0.25) is 0 Å². The molecule has 0 radical (unpaired) electrons. The van der Waals surface area contributed by atoms with Crippen molar-refractivity contribution in [1.82, 2.24) is 4.67 Å². The zero-order valence-electron chi connectivity index (χ0n) is 15.8. The molecule has 2 aromatic rings. The van der Waals surface area contributed by atoms with E-state index in [4.69, 9.17) is 13.8 Å². The maximum Gasteiger partial charge on any atom is 0.516 e. The molecule has 2 atom stereocenters. The molecule has 0 amide bonds. The molecule has 1 fully saturated rings. The molecule has 1 aliphatic heterocycles. The van der Waals surface area contributed by atoms with Crippen LogP contribution < -0.4 is 9.05 Å². The van der Waals surface area contributed by atoms with E-state index in [-0.39, 0.29) is 18.0 Å². The molecule has 2 unspecified atom stereocenters. The van der Waals surface area contributed by atoms with Gasteiger partial charge in [0.25, 0.3) is 5.69 Å². The third-order valence-electron chi connectivity index (χ3n) is 4.33. The van der Waals surface area contributed by atoms with Crippen molar-refractivity contribution in [3.8, 4) is 11.5 Å². The maximum absolute atomic E-state index is 13.8. The van der Waals surface area contributed by atoms with Crippen molar-refractivity contribution in [3.63, 3.8) is 0 Å². The summed E-state index contributed by atoms with van der Waals surface area (Å²) in [6.07, 6.45) is 1.08. The minimum atomic E-state index is -4.02. The van der Waals surface area contributed by atoms with Gasteiger partial charge in [-0.2, -0.15) is 4.67 Å². The van der Waals surface area contributed by atoms with Crippen molar-refractivity contribution in [2.45, 2.75) is 25.8 Å². The van der Waals surface area contributed by atoms with E-state index in [1.54, 1.807) is 37.3 Å². The van der Waals surface area contributed by atoms with Crippen molar-refractivity contribution in [2.75, 3.05) is 13.2 Å². The Balaban J connectivity index is 1.92. The fraction of sp³-hybridized carbons (Fsp3) is 0.316. The van der Waals surface area contributed by atoms with Gasteiger partial charge in [-0.25, -0.2) is 4.57 Å². The number of rotatable bonds is 8. The number of carbonyl (C=O) groups excluding carboxylic acids is 1. The molecular formula is C19H21N2O7P. The molecule has 0 aliphatic carbocycles. The van der Waals surface area contributed by atoms with Gasteiger partial charge in [0.1, 0.15) is 17.5 Å². The van der Waals surface area contributed by atoms with Crippen LogP contribution in [0.5, 0.6) is 11.5 Å². The van der Waals surface area contributed by atoms with Crippen molar-refractivity contribution < 1.29 is 28.1 Å². The summed E-state index contributed by atoms with van der Waals surface area (Å²) in [5, 5.41) is 10.9. The quantitative estimate of drug-likeness (QED) is 0.271. The van der Waals surface area contributed by atoms with Gasteiger partial charge < -0.3 is 13.8 Å². The van der Waals surface area contributed by atoms with E-state index in [2.05, 4.69) is 0 Å². The molecule has 29 heavy (non-hydrogen) atoms. The summed E-state index contributed by atoms with van der Waals surface area (Å²) in [6, 6.07) is 12.9. The molecule has 0 saturated carbocycles. The predicted molar refractivity (Wildman–Crippen MR) is 105 cm³/mol. The Labute approximate surface area is 167 Å². The van der Waals surface area contributed by atoms with Gasteiger partial charge in [-0.1, -0.05) is 18.2 Å². The fourth-order valence-corrected chi connectivity index (χ4v) is 4.98. The number of nitrogens with zero attached hydrogens (tertiary/aromatic N) is 2. The highest BCUT2D eigenvalue weighted by Gasteiger charge is 2.48. The first kappa shape index (κ1) is 20.8. The van der Waals surface area contributed by atoms with E-state index >= 15 is 0 Å². The topological polar surface area (TPSA) is 108 Å². The maximum atomic E-state index is 13.8. The van der Waals surface area contributed by atoms with Gasteiger partial charge in [-0.3, -0.25) is 14.9 Å². The van der Waals surface area contributed by atoms with Gasteiger partial charge in [-0.05, 0) is 44.0 Å². The van der Waals surface area contributed by atoms with Crippen LogP contribution in [0.2, 0.25) is 0 Å². The Morgan fingerprint density at radius 3 is 2.34 bits per heavy atom. The van der Waals surface area contributed by atoms with Crippen molar-refractivity contribution in [1.29, 1.82) is 0 Å². The highest BCUT2D eigenvalue weighted by molar-refractivity contribution is 7.52. The minimum absolute atomic E-state index is 0.123. The lowest BCUT2D eigenvalue weighted by atomic mass is 10.2. The van der Waals surface area contributed by atoms with Crippen LogP contribution in [0, 0.1) is 10.1 Å². The smallest absolute Gasteiger partial charge is 0.465 e. The number of hydrogen-bond acceptors (Lipinski definition) is 7. The number of esters is 1. The van der Waals surface area contributed by atoms with Gasteiger partial charge in [0.15, 0.2) is 0 Å². The van der Waals surface area contributed by atoms with Gasteiger partial charge >= 0.3 is 13.7 Å². The van der Waals surface area contributed by atoms with Crippen molar-refractivity contribution in [2.24, 2.45) is 0 Å². The number of non-ortho nitro benzene ring substituents is 1. The Kier molecular flexibility index (Phi) is 6.51. The fourth-order valence-electron chi connectivity index (χ4n) is 3.02. The van der Waals surface area contributed by atoms with Crippen LogP contribution in [0.4, 0.5) is 5.69 Å². The summed E-state index contributed by atoms with van der Waals surface area (Å²) in [7, 11) is -4.02. The van der Waals surface area contributed by atoms with E-state index in [0.29, 0.717) is 25.1 Å². The van der Waals surface area contributed by atoms with Crippen LogP contribution in [0.1, 0.15) is 19.8 Å². The summed E-state index contributed by atoms with van der Waals surface area (Å²) in [6.45, 7) is 2.22. The van der Waals surface area contributed by atoms with E-state index in [0.717, 1.165) is 0 Å². The number of hydrogen-bond donors (Lipinski definition) is 0. The highest BCUT2D eigenvalue weighted by atomic mass is 31.2. The summed E-state index contributed by atoms with van der Waals surface area (Å²) < 4.78 is 31.8. The Morgan fingerprint density at radius 1 is 1.14 bits per heavy atom. The molecule has 9 nitrogen and oxygen atoms in total. The molecule has 1 heterocycles. The monoisotopic (exact) mass is 420 g/mol. The first-order valence-electron chi connectivity index (χ1n) is 9.15. The molecule has 2 aromatic carbocycles. The van der Waals surface area contributed by atoms with Gasteiger partial charge in [0, 0.05) is 18.7 Å². The third-order valence-corrected chi connectivity index (χ3v) is 6.32. The molecule has 3 rings (SSSR count). The van der Waals surface area contributed by atoms with E-state index in [1.807, 2.05) is 0 Å². The summed E-state index contributed by atoms with van der Waals surface area (Å²) in [5.74, 6) is -0.0502. The van der Waals surface area contributed by atoms with E-state index in [1.165, 1.54) is 28.9 Å². The molecule has 0 aromatic heterocycles. The molecule has 154 valence electrons. The lowest BCUT2D eigenvalue weighted by molar-refractivity contribution is -0.384. The lowest BCUT2D eigenvalue weighted by Crippen LogP contribution is -2.37. The van der Waals surface area contributed by atoms with Crippen LogP contribution in [-0.2, 0) is 14.1 Å². The van der Waals surface area contributed by atoms with E-state index < -0.39 is 24.7 Å². The lowest BCUT2D eigenvalue weighted by Gasteiger charge is -2.30. The minimum Gasteiger partial charge on any atom is -0.465 e. The normalized spacial score (nSPS) is 18.6. The molecule has 0 N–H and O–H groups in total. The van der Waals surface area contributed by atoms with Crippen LogP contribution in [-0.4, -0.2) is 34.8 Å². The van der Waals surface area contributed by atoms with Crippen molar-refractivity contribution in [3.05, 3.63) is 64.7 Å². The number of ether oxygens (including phenoxy) is 1. The second-order valence-electron chi connectivity index (χ2n) is 6.29. The third kappa shape index (κ3) is 4.93. The average molecular weight is 420 g/mol. The molecule has 1 saturated heterocycles. The number of nitro benzene ring substituents is 1. The van der Waals surface area contributed by atoms with Gasteiger partial charge in [0.05, 0.1) is 11.5 Å². The first-order valence-corrected chi connectivity index (χ1v) is 10.6. The molecule has 1 aliphatic rings. The zero-order chi connectivity index (χ0) is 20.9. The Morgan fingerprint density at radius 2 is 1.76 bits per heavy atom. The SMILES string of the molecule is CCOC(=O)C1CCCN1P(=O)(Oc1ccccc1)Oc1ccc([N+](=O)[O-])cc1. The van der Waals surface area contributed by atoms with E-state index in [9.17, 15) is 19.5 Å². The largest absolute Gasteiger partial charge is 0.516 e. The van der Waals surface area contributed by atoms with Crippen molar-refractivity contribution >= 4 is 19.4 Å². The Bertz CT molecular complexity index is 905. The standard InChI is InChI=1S/C19H21N2O7P/c1-2-26-19(22)18-9-6-14-20(18)29(25,27-16-7-4-3-5-8-16)28-17-12-10-15(11-13-17)21(23)24/h3-5,7-8,10-13,18H,2,6,9,14H2,1H3. The molecule has 10 heteroatoms. The van der Waals surface area contributed by atoms with Gasteiger partial charge in [-0.15, -0.1) is 0 Å². The number of nitro groups is 1. The summed E-state index contributed by atoms with van der Waals surface area (Å²) in [5.41, 5.74) is -0.123. The number of carbonyl (C=O) groups is 1. The average Bonchev–Trinajstić information content (AvgIpc) is 3.20. The second-order valence-corrected chi connectivity index (χ2v) is 8.10. The Hall–Kier alpha value is -2.90.